The highest BCUT2D eigenvalue weighted by Crippen LogP contribution is 2.14. The smallest absolute Gasteiger partial charge is 0.269 e. The molecule has 0 aliphatic rings. The number of hydrogen-bond donors (Lipinski definition) is 1. The average molecular weight is 181 g/mol. The molecule has 12 heavy (non-hydrogen) atoms. The average Bonchev–Trinajstić information content (AvgIpc) is 2.06. The maximum absolute atomic E-state index is 10.2. The van der Waals surface area contributed by atoms with Gasteiger partial charge in [-0.25, -0.2) is 0 Å². The van der Waals surface area contributed by atoms with Gasteiger partial charge in [-0.05, 0) is 12.1 Å². The number of nitrogens with zero attached hydrogens (tertiary/aromatic N) is 1. The van der Waals surface area contributed by atoms with Crippen molar-refractivity contribution in [1.82, 2.24) is 0 Å². The number of nitro benzene ring substituents is 1. The molecule has 0 heterocycles. The molecule has 0 fully saturated rings. The van der Waals surface area contributed by atoms with E-state index in [2.05, 4.69) is 23.0 Å². The molecule has 0 unspecified atom stereocenters. The highest BCUT2D eigenvalue weighted by molar-refractivity contribution is 7.79. The van der Waals surface area contributed by atoms with Crippen molar-refractivity contribution >= 4 is 29.1 Å². The third kappa shape index (κ3) is 2.00. The molecule has 1 radical (unpaired) electrons. The molecular weight excluding hydrogens is 176 g/mol. The Kier molecular flexibility index (Phi) is 2.71. The number of nitro groups is 1. The zero-order chi connectivity index (χ0) is 8.97. The van der Waals surface area contributed by atoms with Crippen molar-refractivity contribution in [2.75, 3.05) is 5.32 Å². The molecule has 5 heteroatoms. The largest absolute Gasteiger partial charge is 0.344 e. The first-order chi connectivity index (χ1) is 5.74. The Bertz CT molecular complexity index is 297. The number of non-ortho nitro benzene ring substituents is 1. The first kappa shape index (κ1) is 8.61. The lowest BCUT2D eigenvalue weighted by Crippen LogP contribution is -1.92. The van der Waals surface area contributed by atoms with Gasteiger partial charge in [0.25, 0.3) is 5.69 Å². The van der Waals surface area contributed by atoms with Crippen LogP contribution in [0.1, 0.15) is 0 Å². The van der Waals surface area contributed by atoms with E-state index in [1.807, 2.05) is 0 Å². The molecule has 1 aromatic rings. The van der Waals surface area contributed by atoms with Crippen LogP contribution < -0.4 is 5.32 Å². The topological polar surface area (TPSA) is 55.2 Å². The number of thiocarbonyl (C=S) groups is 1. The van der Waals surface area contributed by atoms with Crippen LogP contribution in [0.25, 0.3) is 0 Å². The lowest BCUT2D eigenvalue weighted by atomic mass is 10.3. The summed E-state index contributed by atoms with van der Waals surface area (Å²) in [5.74, 6) is 0. The first-order valence-electron chi connectivity index (χ1n) is 3.11. The van der Waals surface area contributed by atoms with Crippen molar-refractivity contribution < 1.29 is 4.92 Å². The van der Waals surface area contributed by atoms with E-state index in [9.17, 15) is 10.1 Å². The van der Waals surface area contributed by atoms with E-state index in [-0.39, 0.29) is 5.69 Å². The second-order valence-corrected chi connectivity index (χ2v) is 2.24. The fourth-order valence-corrected chi connectivity index (χ4v) is 0.843. The van der Waals surface area contributed by atoms with Crippen LogP contribution in [-0.2, 0) is 0 Å². The molecule has 0 spiro atoms. The van der Waals surface area contributed by atoms with Crippen LogP contribution in [0.4, 0.5) is 11.4 Å². The van der Waals surface area contributed by atoms with Gasteiger partial charge in [0.2, 0.25) is 0 Å². The summed E-state index contributed by atoms with van der Waals surface area (Å²) in [5.41, 5.74) is 3.05. The number of rotatable bonds is 3. The van der Waals surface area contributed by atoms with Crippen LogP contribution in [0.5, 0.6) is 0 Å². The Balaban J connectivity index is 2.85. The summed E-state index contributed by atoms with van der Waals surface area (Å²) in [6.07, 6.45) is 0. The third-order valence-electron chi connectivity index (χ3n) is 1.27. The third-order valence-corrected chi connectivity index (χ3v) is 1.38. The van der Waals surface area contributed by atoms with Crippen LogP contribution in [0.2, 0.25) is 0 Å². The van der Waals surface area contributed by atoms with Gasteiger partial charge in [-0.15, -0.1) is 0 Å². The van der Waals surface area contributed by atoms with E-state index < -0.39 is 4.92 Å². The number of anilines is 1. The molecule has 4 nitrogen and oxygen atoms in total. The molecule has 1 rings (SSSR count). The van der Waals surface area contributed by atoms with Crippen molar-refractivity contribution in [1.29, 1.82) is 0 Å². The Morgan fingerprint density at radius 1 is 1.42 bits per heavy atom. The zero-order valence-electron chi connectivity index (χ0n) is 5.98. The molecule has 1 N–H and O–H groups in total. The van der Waals surface area contributed by atoms with Gasteiger partial charge in [0.05, 0.1) is 4.92 Å². The van der Waals surface area contributed by atoms with Gasteiger partial charge in [-0.2, -0.15) is 0 Å². The van der Waals surface area contributed by atoms with Crippen LogP contribution in [0.3, 0.4) is 0 Å². The Labute approximate surface area is 74.4 Å². The summed E-state index contributed by atoms with van der Waals surface area (Å²) in [6.45, 7) is 0. The molecule has 1 aromatic carbocycles. The summed E-state index contributed by atoms with van der Waals surface area (Å²) in [4.78, 5) is 9.77. The van der Waals surface area contributed by atoms with E-state index in [0.29, 0.717) is 5.69 Å². The van der Waals surface area contributed by atoms with Gasteiger partial charge in [0, 0.05) is 17.8 Å². The molecule has 0 amide bonds. The number of hydrogen-bond acceptors (Lipinski definition) is 3. The predicted octanol–water partition coefficient (Wildman–Crippen LogP) is 1.84. The Morgan fingerprint density at radius 3 is 2.42 bits per heavy atom. The van der Waals surface area contributed by atoms with Crippen LogP contribution in [-0.4, -0.2) is 10.4 Å². The molecular formula is C7H5N2O2S. The summed E-state index contributed by atoms with van der Waals surface area (Å²) >= 11 is 4.42. The predicted molar refractivity (Wildman–Crippen MR) is 49.3 cm³/mol. The molecule has 0 bridgehead atoms. The van der Waals surface area contributed by atoms with Gasteiger partial charge in [-0.1, -0.05) is 12.2 Å². The van der Waals surface area contributed by atoms with Crippen molar-refractivity contribution in [2.24, 2.45) is 0 Å². The molecule has 0 aromatic heterocycles. The second-order valence-electron chi connectivity index (χ2n) is 2.03. The zero-order valence-corrected chi connectivity index (χ0v) is 6.80. The minimum Gasteiger partial charge on any atom is -0.344 e. The lowest BCUT2D eigenvalue weighted by molar-refractivity contribution is -0.384. The van der Waals surface area contributed by atoms with Gasteiger partial charge < -0.3 is 5.32 Å². The normalized spacial score (nSPS) is 9.00. The SMILES string of the molecule is O=[N+]([O-])c1ccc(N[C]=S)cc1. The maximum atomic E-state index is 10.2. The molecule has 61 valence electrons. The van der Waals surface area contributed by atoms with Crippen LogP contribution in [0.15, 0.2) is 24.3 Å². The van der Waals surface area contributed by atoms with E-state index in [1.165, 1.54) is 12.1 Å². The molecule has 0 saturated heterocycles. The van der Waals surface area contributed by atoms with Crippen molar-refractivity contribution in [2.45, 2.75) is 0 Å². The van der Waals surface area contributed by atoms with Crippen molar-refractivity contribution in [3.63, 3.8) is 0 Å². The van der Waals surface area contributed by atoms with Crippen LogP contribution >= 0.6 is 12.2 Å². The molecule has 0 aliphatic carbocycles. The van der Waals surface area contributed by atoms with Gasteiger partial charge >= 0.3 is 0 Å². The quantitative estimate of drug-likeness (QED) is 0.334. The fraction of sp³-hybridized carbons (Fsp3) is 0. The summed E-state index contributed by atoms with van der Waals surface area (Å²) in [7, 11) is 0. The van der Waals surface area contributed by atoms with E-state index >= 15 is 0 Å². The fourth-order valence-electron chi connectivity index (χ4n) is 0.725. The maximum Gasteiger partial charge on any atom is 0.269 e. The van der Waals surface area contributed by atoms with E-state index in [1.54, 1.807) is 12.1 Å². The molecule has 0 aliphatic heterocycles. The number of benzene rings is 1. The highest BCUT2D eigenvalue weighted by atomic mass is 32.1. The summed E-state index contributed by atoms with van der Waals surface area (Å²) < 4.78 is 0. The van der Waals surface area contributed by atoms with Crippen molar-refractivity contribution in [3.05, 3.63) is 34.4 Å². The molecule has 0 saturated carbocycles. The van der Waals surface area contributed by atoms with Gasteiger partial charge in [0.1, 0.15) is 5.49 Å². The minimum absolute atomic E-state index is 0.0601. The lowest BCUT2D eigenvalue weighted by Gasteiger charge is -1.96. The second kappa shape index (κ2) is 3.77. The van der Waals surface area contributed by atoms with Crippen LogP contribution in [0, 0.1) is 10.1 Å². The first-order valence-corrected chi connectivity index (χ1v) is 3.52. The Hall–Kier alpha value is -1.49. The standard InChI is InChI=1S/C7H5N2O2S/c10-9(11)7-3-1-6(2-4-7)8-5-12/h1-4H,(H,8,12). The van der Waals surface area contributed by atoms with Gasteiger partial charge in [-0.3, -0.25) is 10.1 Å². The monoisotopic (exact) mass is 181 g/mol. The summed E-state index contributed by atoms with van der Waals surface area (Å²) in [5, 5.41) is 12.8. The van der Waals surface area contributed by atoms with Crippen molar-refractivity contribution in [3.8, 4) is 0 Å². The number of nitrogens with one attached hydrogen (secondary N) is 1. The van der Waals surface area contributed by atoms with Gasteiger partial charge in [0.15, 0.2) is 0 Å². The Morgan fingerprint density at radius 2 is 2.00 bits per heavy atom. The van der Waals surface area contributed by atoms with E-state index in [0.717, 1.165) is 0 Å². The molecule has 0 atom stereocenters. The minimum atomic E-state index is -0.453. The van der Waals surface area contributed by atoms with E-state index in [4.69, 9.17) is 0 Å². The highest BCUT2D eigenvalue weighted by Gasteiger charge is 2.02. The summed E-state index contributed by atoms with van der Waals surface area (Å²) in [6, 6.07) is 5.93.